The Bertz CT molecular complexity index is 671. The molecular formula is C17H24N4OS. The average Bonchev–Trinajstić information content (AvgIpc) is 3.11. The van der Waals surface area contributed by atoms with Gasteiger partial charge in [0, 0.05) is 30.4 Å². The molecular weight excluding hydrogens is 308 g/mol. The van der Waals surface area contributed by atoms with Crippen LogP contribution in [0.25, 0.3) is 0 Å². The highest BCUT2D eigenvalue weighted by molar-refractivity contribution is 7.11. The molecule has 0 radical (unpaired) electrons. The van der Waals surface area contributed by atoms with Crippen LogP contribution in [-0.4, -0.2) is 27.0 Å². The Kier molecular flexibility index (Phi) is 4.71. The highest BCUT2D eigenvalue weighted by atomic mass is 32.1. The zero-order valence-electron chi connectivity index (χ0n) is 14.0. The predicted octanol–water partition coefficient (Wildman–Crippen LogP) is 3.54. The number of nitrogens with one attached hydrogen (secondary N) is 1. The fourth-order valence-corrected chi connectivity index (χ4v) is 4.04. The summed E-state index contributed by atoms with van der Waals surface area (Å²) in [6.07, 6.45) is 5.32. The van der Waals surface area contributed by atoms with Crippen molar-refractivity contribution in [3.8, 4) is 0 Å². The molecule has 3 heterocycles. The maximum Gasteiger partial charge on any atom is 0.318 e. The topological polar surface area (TPSA) is 50.2 Å². The normalized spacial score (nSPS) is 18.2. The fourth-order valence-electron chi connectivity index (χ4n) is 3.17. The molecule has 0 spiro atoms. The van der Waals surface area contributed by atoms with E-state index < -0.39 is 0 Å². The van der Waals surface area contributed by atoms with Crippen LogP contribution in [0.3, 0.4) is 0 Å². The van der Waals surface area contributed by atoms with Crippen molar-refractivity contribution in [1.82, 2.24) is 19.8 Å². The van der Waals surface area contributed by atoms with Crippen LogP contribution in [0.2, 0.25) is 0 Å². The smallest absolute Gasteiger partial charge is 0.318 e. The largest absolute Gasteiger partial charge is 0.353 e. The lowest BCUT2D eigenvalue weighted by atomic mass is 10.00. The molecule has 1 fully saturated rings. The summed E-state index contributed by atoms with van der Waals surface area (Å²) in [7, 11) is 2.04. The van der Waals surface area contributed by atoms with Crippen molar-refractivity contribution in [2.24, 2.45) is 7.05 Å². The standard InChI is InChI=1S/C17H24N4OS/c1-12-13(2)23-16(19-12)11-18-17(22)21-10-5-4-7-15(21)14-8-6-9-20(14)3/h6,8-9,15H,4-5,7,10-11H2,1-3H3,(H,18,22)/t15-/m1/s1. The number of hydrogen-bond donors (Lipinski definition) is 1. The summed E-state index contributed by atoms with van der Waals surface area (Å²) in [6.45, 7) is 5.40. The molecule has 124 valence electrons. The van der Waals surface area contributed by atoms with Gasteiger partial charge in [-0.05, 0) is 45.2 Å². The lowest BCUT2D eigenvalue weighted by Gasteiger charge is -2.36. The van der Waals surface area contributed by atoms with Gasteiger partial charge in [-0.15, -0.1) is 11.3 Å². The number of amides is 2. The summed E-state index contributed by atoms with van der Waals surface area (Å²) >= 11 is 1.66. The fraction of sp³-hybridized carbons (Fsp3) is 0.529. The maximum atomic E-state index is 12.7. The number of piperidine rings is 1. The molecule has 2 amide bonds. The molecule has 23 heavy (non-hydrogen) atoms. The van der Waals surface area contributed by atoms with E-state index in [1.165, 1.54) is 17.0 Å². The van der Waals surface area contributed by atoms with Gasteiger partial charge in [0.25, 0.3) is 0 Å². The highest BCUT2D eigenvalue weighted by Gasteiger charge is 2.29. The summed E-state index contributed by atoms with van der Waals surface area (Å²) in [5.41, 5.74) is 2.26. The van der Waals surface area contributed by atoms with E-state index in [4.69, 9.17) is 0 Å². The molecule has 2 aromatic heterocycles. The van der Waals surface area contributed by atoms with E-state index in [0.717, 1.165) is 30.1 Å². The first-order chi connectivity index (χ1) is 11.1. The van der Waals surface area contributed by atoms with Crippen LogP contribution in [0, 0.1) is 13.8 Å². The van der Waals surface area contributed by atoms with E-state index in [2.05, 4.69) is 27.9 Å². The molecule has 6 heteroatoms. The van der Waals surface area contributed by atoms with Crippen LogP contribution in [0.4, 0.5) is 4.79 Å². The number of aromatic nitrogens is 2. The number of urea groups is 1. The van der Waals surface area contributed by atoms with E-state index in [-0.39, 0.29) is 12.1 Å². The van der Waals surface area contributed by atoms with E-state index in [1.54, 1.807) is 11.3 Å². The van der Waals surface area contributed by atoms with Crippen LogP contribution in [0.15, 0.2) is 18.3 Å². The van der Waals surface area contributed by atoms with E-state index in [9.17, 15) is 4.79 Å². The first-order valence-corrected chi connectivity index (χ1v) is 8.96. The molecule has 0 aromatic carbocycles. The molecule has 3 rings (SSSR count). The Morgan fingerprint density at radius 1 is 1.43 bits per heavy atom. The van der Waals surface area contributed by atoms with Crippen LogP contribution < -0.4 is 5.32 Å². The van der Waals surface area contributed by atoms with Crippen LogP contribution >= 0.6 is 11.3 Å². The molecule has 1 saturated heterocycles. The lowest BCUT2D eigenvalue weighted by Crippen LogP contribution is -2.44. The number of likely N-dealkylation sites (tertiary alicyclic amines) is 1. The Hall–Kier alpha value is -1.82. The van der Waals surface area contributed by atoms with E-state index in [0.29, 0.717) is 6.54 Å². The quantitative estimate of drug-likeness (QED) is 0.935. The third kappa shape index (κ3) is 3.42. The van der Waals surface area contributed by atoms with Crippen molar-refractivity contribution < 1.29 is 4.79 Å². The van der Waals surface area contributed by atoms with E-state index >= 15 is 0 Å². The lowest BCUT2D eigenvalue weighted by molar-refractivity contribution is 0.148. The van der Waals surface area contributed by atoms with Crippen LogP contribution in [0.5, 0.6) is 0 Å². The number of carbonyl (C=O) groups is 1. The molecule has 5 nitrogen and oxygen atoms in total. The average molecular weight is 332 g/mol. The summed E-state index contributed by atoms with van der Waals surface area (Å²) in [4.78, 5) is 20.3. The van der Waals surface area contributed by atoms with Gasteiger partial charge in [0.15, 0.2) is 0 Å². The van der Waals surface area contributed by atoms with E-state index in [1.807, 2.05) is 31.1 Å². The number of thiazole rings is 1. The number of nitrogens with zero attached hydrogens (tertiary/aromatic N) is 3. The summed E-state index contributed by atoms with van der Waals surface area (Å²) in [5, 5.41) is 4.02. The number of aryl methyl sites for hydroxylation is 3. The molecule has 1 atom stereocenters. The Balaban J connectivity index is 1.68. The molecule has 1 aliphatic rings. The van der Waals surface area contributed by atoms with Gasteiger partial charge < -0.3 is 14.8 Å². The summed E-state index contributed by atoms with van der Waals surface area (Å²) < 4.78 is 2.11. The predicted molar refractivity (Wildman–Crippen MR) is 92.5 cm³/mol. The monoisotopic (exact) mass is 332 g/mol. The molecule has 1 N–H and O–H groups in total. The van der Waals surface area contributed by atoms with Gasteiger partial charge in [0.05, 0.1) is 18.3 Å². The number of hydrogen-bond acceptors (Lipinski definition) is 3. The first kappa shape index (κ1) is 16.1. The Morgan fingerprint density at radius 2 is 2.26 bits per heavy atom. The Morgan fingerprint density at radius 3 is 2.91 bits per heavy atom. The van der Waals surface area contributed by atoms with Crippen molar-refractivity contribution in [2.75, 3.05) is 6.54 Å². The molecule has 0 unspecified atom stereocenters. The molecule has 2 aromatic rings. The summed E-state index contributed by atoms with van der Waals surface area (Å²) in [5.74, 6) is 0. The van der Waals surface area contributed by atoms with Gasteiger partial charge in [-0.2, -0.15) is 0 Å². The molecule has 0 saturated carbocycles. The second-order valence-electron chi connectivity index (χ2n) is 6.16. The van der Waals surface area contributed by atoms with Crippen molar-refractivity contribution >= 4 is 17.4 Å². The van der Waals surface area contributed by atoms with Gasteiger partial charge in [0.1, 0.15) is 5.01 Å². The van der Waals surface area contributed by atoms with Crippen molar-refractivity contribution in [3.05, 3.63) is 39.6 Å². The van der Waals surface area contributed by atoms with Crippen LogP contribution in [-0.2, 0) is 13.6 Å². The van der Waals surface area contributed by atoms with Crippen molar-refractivity contribution in [2.45, 2.75) is 45.7 Å². The summed E-state index contributed by atoms with van der Waals surface area (Å²) in [6, 6.07) is 4.34. The second kappa shape index (κ2) is 6.74. The zero-order chi connectivity index (χ0) is 16.4. The molecule has 0 aliphatic carbocycles. The highest BCUT2D eigenvalue weighted by Crippen LogP contribution is 2.30. The van der Waals surface area contributed by atoms with Crippen molar-refractivity contribution in [1.29, 1.82) is 0 Å². The third-order valence-corrected chi connectivity index (χ3v) is 5.63. The number of rotatable bonds is 3. The number of carbonyl (C=O) groups excluding carboxylic acids is 1. The second-order valence-corrected chi connectivity index (χ2v) is 7.44. The zero-order valence-corrected chi connectivity index (χ0v) is 14.8. The van der Waals surface area contributed by atoms with Crippen molar-refractivity contribution in [3.63, 3.8) is 0 Å². The van der Waals surface area contributed by atoms with Crippen LogP contribution in [0.1, 0.15) is 46.6 Å². The third-order valence-electron chi connectivity index (χ3n) is 4.55. The minimum absolute atomic E-state index is 0.0152. The minimum atomic E-state index is 0.0152. The van der Waals surface area contributed by atoms with Gasteiger partial charge >= 0.3 is 6.03 Å². The Labute approximate surface area is 141 Å². The molecule has 0 bridgehead atoms. The van der Waals surface area contributed by atoms with Gasteiger partial charge in [-0.3, -0.25) is 0 Å². The SMILES string of the molecule is Cc1nc(CNC(=O)N2CCCC[C@@H]2c2cccn2C)sc1C. The molecule has 1 aliphatic heterocycles. The minimum Gasteiger partial charge on any atom is -0.353 e. The van der Waals surface area contributed by atoms with Gasteiger partial charge in [0.2, 0.25) is 0 Å². The van der Waals surface area contributed by atoms with Gasteiger partial charge in [-0.1, -0.05) is 0 Å². The maximum absolute atomic E-state index is 12.7. The first-order valence-electron chi connectivity index (χ1n) is 8.15. The van der Waals surface area contributed by atoms with Gasteiger partial charge in [-0.25, -0.2) is 9.78 Å².